The molecule has 0 bridgehead atoms. The van der Waals surface area contributed by atoms with Crippen LogP contribution in [0.3, 0.4) is 0 Å². The van der Waals surface area contributed by atoms with Gasteiger partial charge in [0.1, 0.15) is 10.6 Å². The molecule has 0 radical (unpaired) electrons. The van der Waals surface area contributed by atoms with Gasteiger partial charge in [-0.3, -0.25) is 0 Å². The third-order valence-corrected chi connectivity index (χ3v) is 4.82. The van der Waals surface area contributed by atoms with E-state index >= 15 is 0 Å². The van der Waals surface area contributed by atoms with Crippen molar-refractivity contribution in [3.05, 3.63) is 18.2 Å². The maximum absolute atomic E-state index is 12.7. The number of methoxy groups -OCH3 is 1. The summed E-state index contributed by atoms with van der Waals surface area (Å²) in [6, 6.07) is 6.44. The number of hydrogen-bond donors (Lipinski definition) is 1. The van der Waals surface area contributed by atoms with E-state index in [1.54, 1.807) is 6.07 Å². The van der Waals surface area contributed by atoms with Crippen molar-refractivity contribution in [2.75, 3.05) is 25.9 Å². The summed E-state index contributed by atoms with van der Waals surface area (Å²) in [4.78, 5) is 0.0434. The van der Waals surface area contributed by atoms with E-state index in [2.05, 4.69) is 0 Å². The first kappa shape index (κ1) is 17.3. The lowest BCUT2D eigenvalue weighted by molar-refractivity contribution is 0.373. The lowest BCUT2D eigenvalue weighted by Crippen LogP contribution is -2.35. The van der Waals surface area contributed by atoms with Gasteiger partial charge < -0.3 is 10.5 Å². The van der Waals surface area contributed by atoms with Crippen molar-refractivity contribution in [1.82, 2.24) is 4.31 Å². The highest BCUT2D eigenvalue weighted by atomic mass is 32.2. The Kier molecular flexibility index (Phi) is 6.00. The number of sulfonamides is 1. The van der Waals surface area contributed by atoms with E-state index in [0.717, 1.165) is 0 Å². The Morgan fingerprint density at radius 2 is 2.10 bits per heavy atom. The number of benzene rings is 1. The van der Waals surface area contributed by atoms with Gasteiger partial charge >= 0.3 is 0 Å². The monoisotopic (exact) mass is 311 g/mol. The number of nitrogens with two attached hydrogens (primary N) is 1. The molecule has 0 atom stereocenters. The van der Waals surface area contributed by atoms with Crippen LogP contribution in [0.15, 0.2) is 23.1 Å². The van der Waals surface area contributed by atoms with Gasteiger partial charge in [-0.25, -0.2) is 8.42 Å². The molecule has 1 aromatic carbocycles. The number of hydrogen-bond acceptors (Lipinski definition) is 5. The molecule has 0 spiro atoms. The normalized spacial score (nSPS) is 11.6. The minimum atomic E-state index is -3.72. The zero-order chi connectivity index (χ0) is 16.0. The maximum Gasteiger partial charge on any atom is 0.245 e. The fourth-order valence-electron chi connectivity index (χ4n) is 1.92. The molecule has 0 aliphatic heterocycles. The van der Waals surface area contributed by atoms with Crippen LogP contribution in [0.1, 0.15) is 20.3 Å². The van der Waals surface area contributed by atoms with Crippen molar-refractivity contribution >= 4 is 15.7 Å². The van der Waals surface area contributed by atoms with Gasteiger partial charge in [-0.1, -0.05) is 13.8 Å². The largest absolute Gasteiger partial charge is 0.497 e. The molecular weight excluding hydrogens is 290 g/mol. The number of nitrogens with zero attached hydrogens (tertiary/aromatic N) is 2. The summed E-state index contributed by atoms with van der Waals surface area (Å²) in [5, 5.41) is 8.70. The minimum absolute atomic E-state index is 0.0434. The molecule has 2 N–H and O–H groups in total. The Morgan fingerprint density at radius 3 is 2.57 bits per heavy atom. The average Bonchev–Trinajstić information content (AvgIpc) is 2.42. The highest BCUT2D eigenvalue weighted by Crippen LogP contribution is 2.27. The van der Waals surface area contributed by atoms with Gasteiger partial charge in [0, 0.05) is 25.6 Å². The van der Waals surface area contributed by atoms with Crippen LogP contribution >= 0.6 is 0 Å². The lowest BCUT2D eigenvalue weighted by atomic mass is 10.2. The Bertz CT molecular complexity index is 621. The summed E-state index contributed by atoms with van der Waals surface area (Å²) in [7, 11) is -2.24. The molecule has 0 aliphatic carbocycles. The molecule has 0 saturated carbocycles. The van der Waals surface area contributed by atoms with Gasteiger partial charge in [-0.05, 0) is 18.1 Å². The van der Waals surface area contributed by atoms with Crippen LogP contribution in [-0.4, -0.2) is 32.9 Å². The van der Waals surface area contributed by atoms with Crippen LogP contribution in [0.5, 0.6) is 5.75 Å². The van der Waals surface area contributed by atoms with E-state index in [9.17, 15) is 8.42 Å². The highest BCUT2D eigenvalue weighted by molar-refractivity contribution is 7.89. The van der Waals surface area contributed by atoms with Crippen molar-refractivity contribution in [1.29, 1.82) is 5.26 Å². The first-order chi connectivity index (χ1) is 9.82. The lowest BCUT2D eigenvalue weighted by Gasteiger charge is -2.23. The molecule has 1 rings (SSSR count). The number of rotatable bonds is 7. The Labute approximate surface area is 126 Å². The minimum Gasteiger partial charge on any atom is -0.497 e. The zero-order valence-corrected chi connectivity index (χ0v) is 13.4. The third-order valence-electron chi connectivity index (χ3n) is 2.88. The molecule has 0 aromatic heterocycles. The molecular formula is C14H21N3O3S. The van der Waals surface area contributed by atoms with E-state index in [1.807, 2.05) is 19.9 Å². The molecule has 0 heterocycles. The van der Waals surface area contributed by atoms with Gasteiger partial charge in [0.25, 0.3) is 0 Å². The summed E-state index contributed by atoms with van der Waals surface area (Å²) in [5.74, 6) is 0.650. The molecule has 116 valence electrons. The summed E-state index contributed by atoms with van der Waals surface area (Å²) < 4.78 is 31.7. The van der Waals surface area contributed by atoms with Gasteiger partial charge in [0.2, 0.25) is 10.0 Å². The predicted molar refractivity (Wildman–Crippen MR) is 81.2 cm³/mol. The van der Waals surface area contributed by atoms with Crippen molar-refractivity contribution < 1.29 is 13.2 Å². The Balaban J connectivity index is 3.18. The quantitative estimate of drug-likeness (QED) is 0.775. The van der Waals surface area contributed by atoms with Crippen molar-refractivity contribution in [3.63, 3.8) is 0 Å². The molecule has 1 aromatic rings. The number of ether oxygens (including phenoxy) is 1. The van der Waals surface area contributed by atoms with Crippen LogP contribution in [0.4, 0.5) is 5.69 Å². The summed E-state index contributed by atoms with van der Waals surface area (Å²) >= 11 is 0. The molecule has 0 amide bonds. The van der Waals surface area contributed by atoms with E-state index in [-0.39, 0.29) is 29.5 Å². The van der Waals surface area contributed by atoms with E-state index in [1.165, 1.54) is 23.5 Å². The molecule has 0 saturated heterocycles. The van der Waals surface area contributed by atoms with Crippen molar-refractivity contribution in [2.45, 2.75) is 25.2 Å². The first-order valence-electron chi connectivity index (χ1n) is 6.63. The van der Waals surface area contributed by atoms with Crippen LogP contribution in [-0.2, 0) is 10.0 Å². The van der Waals surface area contributed by atoms with Gasteiger partial charge in [-0.2, -0.15) is 9.57 Å². The molecule has 0 aliphatic rings. The molecule has 6 nitrogen and oxygen atoms in total. The van der Waals surface area contributed by atoms with E-state index in [4.69, 9.17) is 15.7 Å². The fraction of sp³-hybridized carbons (Fsp3) is 0.500. The average molecular weight is 311 g/mol. The molecule has 21 heavy (non-hydrogen) atoms. The second-order valence-corrected chi connectivity index (χ2v) is 6.98. The van der Waals surface area contributed by atoms with Gasteiger partial charge in [-0.15, -0.1) is 0 Å². The second-order valence-electron chi connectivity index (χ2n) is 5.07. The third kappa shape index (κ3) is 4.34. The molecule has 0 unspecified atom stereocenters. The van der Waals surface area contributed by atoms with E-state index < -0.39 is 10.0 Å². The first-order valence-corrected chi connectivity index (χ1v) is 8.07. The Morgan fingerprint density at radius 1 is 1.43 bits per heavy atom. The standard InChI is InChI=1S/C14H21N3O3S/c1-11(2)10-17(8-4-7-15)21(18,19)14-6-5-12(20-3)9-13(14)16/h5-6,9,11H,4,8,10,16H2,1-3H3. The maximum atomic E-state index is 12.7. The predicted octanol–water partition coefficient (Wildman–Crippen LogP) is 1.84. The molecule has 0 fully saturated rings. The van der Waals surface area contributed by atoms with Crippen LogP contribution in [0, 0.1) is 17.2 Å². The van der Waals surface area contributed by atoms with E-state index in [0.29, 0.717) is 12.3 Å². The number of nitrogen functional groups attached to an aromatic ring is 1. The van der Waals surface area contributed by atoms with Crippen molar-refractivity contribution in [2.24, 2.45) is 5.92 Å². The highest BCUT2D eigenvalue weighted by Gasteiger charge is 2.27. The van der Waals surface area contributed by atoms with Gasteiger partial charge in [0.05, 0.1) is 18.9 Å². The Hall–Kier alpha value is -1.78. The second kappa shape index (κ2) is 7.29. The van der Waals surface area contributed by atoms with Crippen LogP contribution in [0.25, 0.3) is 0 Å². The van der Waals surface area contributed by atoms with Crippen LogP contribution in [0.2, 0.25) is 0 Å². The van der Waals surface area contributed by atoms with Gasteiger partial charge in [0.15, 0.2) is 0 Å². The summed E-state index contributed by atoms with van der Waals surface area (Å²) in [6.07, 6.45) is 0.141. The zero-order valence-electron chi connectivity index (χ0n) is 12.5. The number of nitriles is 1. The smallest absolute Gasteiger partial charge is 0.245 e. The SMILES string of the molecule is COc1ccc(S(=O)(=O)N(CCC#N)CC(C)C)c(N)c1. The topological polar surface area (TPSA) is 96.4 Å². The van der Waals surface area contributed by atoms with Crippen molar-refractivity contribution in [3.8, 4) is 11.8 Å². The molecule has 7 heteroatoms. The fourth-order valence-corrected chi connectivity index (χ4v) is 3.62. The number of anilines is 1. The summed E-state index contributed by atoms with van der Waals surface area (Å²) in [6.45, 7) is 4.34. The van der Waals surface area contributed by atoms with Crippen LogP contribution < -0.4 is 10.5 Å². The summed E-state index contributed by atoms with van der Waals surface area (Å²) in [5.41, 5.74) is 5.97.